The first kappa shape index (κ1) is 30.6. The van der Waals surface area contributed by atoms with Crippen LogP contribution < -0.4 is 5.32 Å². The average molecular weight is 638 g/mol. The maximum absolute atomic E-state index is 13.5. The number of thiophene rings is 1. The van der Waals surface area contributed by atoms with Crippen molar-refractivity contribution in [3.05, 3.63) is 89.7 Å². The van der Waals surface area contributed by atoms with E-state index in [9.17, 15) is 19.4 Å². The van der Waals surface area contributed by atoms with Gasteiger partial charge in [-0.25, -0.2) is 14.4 Å². The molecule has 0 bridgehead atoms. The molecule has 44 heavy (non-hydrogen) atoms. The molecule has 1 fully saturated rings. The smallest absolute Gasteiger partial charge is 0.254 e. The molecule has 6 rings (SSSR count). The van der Waals surface area contributed by atoms with Gasteiger partial charge in [0.2, 0.25) is 0 Å². The van der Waals surface area contributed by atoms with Crippen LogP contribution in [0.1, 0.15) is 24.2 Å². The van der Waals surface area contributed by atoms with Gasteiger partial charge in [0.15, 0.2) is 6.10 Å². The summed E-state index contributed by atoms with van der Waals surface area (Å²) < 4.78 is 20.2. The molecule has 230 valence electrons. The zero-order chi connectivity index (χ0) is 30.8. The van der Waals surface area contributed by atoms with Gasteiger partial charge in [-0.1, -0.05) is 37.3 Å². The van der Waals surface area contributed by atoms with Crippen molar-refractivity contribution in [1.82, 2.24) is 19.8 Å². The Morgan fingerprint density at radius 3 is 2.75 bits per heavy atom. The van der Waals surface area contributed by atoms with Crippen molar-refractivity contribution in [1.29, 1.82) is 0 Å². The Labute approximate surface area is 263 Å². The van der Waals surface area contributed by atoms with Gasteiger partial charge in [0, 0.05) is 42.0 Å². The van der Waals surface area contributed by atoms with Crippen molar-refractivity contribution < 1.29 is 24.1 Å². The highest BCUT2D eigenvalue weighted by Crippen LogP contribution is 2.38. The lowest BCUT2D eigenvalue weighted by Gasteiger charge is -2.35. The Hall–Kier alpha value is -3.45. The summed E-state index contributed by atoms with van der Waals surface area (Å²) in [5.41, 5.74) is 1.92. The summed E-state index contributed by atoms with van der Waals surface area (Å²) in [4.78, 5) is 26.5. The molecule has 2 aromatic carbocycles. The van der Waals surface area contributed by atoms with Crippen LogP contribution in [-0.4, -0.2) is 86.2 Å². The van der Waals surface area contributed by atoms with Crippen LogP contribution in [0, 0.1) is 5.82 Å². The normalized spacial score (nSPS) is 20.6. The number of aliphatic hydroxyl groups excluding tert-OH is 2. The molecule has 1 saturated heterocycles. The Morgan fingerprint density at radius 2 is 2.00 bits per heavy atom. The molecule has 3 heterocycles. The first-order valence-electron chi connectivity index (χ1n) is 14.5. The Balaban J connectivity index is 1.16. The van der Waals surface area contributed by atoms with E-state index < -0.39 is 23.5 Å². The van der Waals surface area contributed by atoms with Crippen molar-refractivity contribution in [2.24, 2.45) is 0 Å². The van der Waals surface area contributed by atoms with Gasteiger partial charge in [0.05, 0.1) is 23.5 Å². The molecule has 2 aliphatic rings. The lowest BCUT2D eigenvalue weighted by Crippen LogP contribution is -2.52. The summed E-state index contributed by atoms with van der Waals surface area (Å²) in [6.45, 7) is 5.78. The molecule has 9 nitrogen and oxygen atoms in total. The van der Waals surface area contributed by atoms with E-state index in [4.69, 9.17) is 16.3 Å². The van der Waals surface area contributed by atoms with Crippen LogP contribution in [0.3, 0.4) is 0 Å². The van der Waals surface area contributed by atoms with Crippen LogP contribution in [0.4, 0.5) is 10.2 Å². The van der Waals surface area contributed by atoms with Crippen molar-refractivity contribution in [2.75, 3.05) is 38.0 Å². The molecule has 1 aliphatic carbocycles. The first-order valence-corrected chi connectivity index (χ1v) is 15.8. The third kappa shape index (κ3) is 6.49. The van der Waals surface area contributed by atoms with Gasteiger partial charge in [-0.05, 0) is 48.0 Å². The zero-order valence-corrected chi connectivity index (χ0v) is 25.6. The zero-order valence-electron chi connectivity index (χ0n) is 24.1. The third-order valence-corrected chi connectivity index (χ3v) is 9.47. The largest absolute Gasteiger partial charge is 0.385 e. The number of allylic oxidation sites excluding steroid dienone is 1. The van der Waals surface area contributed by atoms with Gasteiger partial charge < -0.3 is 30.1 Å². The lowest BCUT2D eigenvalue weighted by molar-refractivity contribution is -0.148. The number of carbonyl (C=O) groups excluding carboxylic acids is 1. The highest BCUT2D eigenvalue weighted by molar-refractivity contribution is 7.25. The molecule has 4 aromatic rings. The lowest BCUT2D eigenvalue weighted by atomic mass is 10.0. The number of rotatable bonds is 9. The van der Waals surface area contributed by atoms with Crippen LogP contribution in [-0.2, 0) is 16.1 Å². The summed E-state index contributed by atoms with van der Waals surface area (Å²) >= 11 is 8.05. The standard InChI is InChI=1S/C32H33ClFN5O4S/c1-2-38-10-12-39(13-11-38)32(42)29(41)28(40)20-6-8-23-26(15-20)44-31-27(23)30(35-18-36-31)37-22-7-9-25(24(33)16-22)43-17-19-4-3-5-21(34)14-19/h3-9,14-16,18,24-25,28-29,40-41H,2,10-13,17H2,1H3,(H,35,36,37). The minimum atomic E-state index is -1.55. The Morgan fingerprint density at radius 1 is 1.18 bits per heavy atom. The van der Waals surface area contributed by atoms with Crippen molar-refractivity contribution in [3.63, 3.8) is 0 Å². The molecule has 0 saturated carbocycles. The van der Waals surface area contributed by atoms with E-state index in [-0.39, 0.29) is 18.5 Å². The van der Waals surface area contributed by atoms with Crippen LogP contribution in [0.5, 0.6) is 0 Å². The van der Waals surface area contributed by atoms with Crippen LogP contribution in [0.15, 0.2) is 72.7 Å². The summed E-state index contributed by atoms with van der Waals surface area (Å²) in [7, 11) is 0. The van der Waals surface area contributed by atoms with Gasteiger partial charge >= 0.3 is 0 Å². The Kier molecular flexibility index (Phi) is 9.22. The molecule has 0 spiro atoms. The van der Waals surface area contributed by atoms with Crippen molar-refractivity contribution in [2.45, 2.75) is 37.2 Å². The van der Waals surface area contributed by atoms with Crippen molar-refractivity contribution >= 4 is 55.0 Å². The monoisotopic (exact) mass is 637 g/mol. The molecule has 1 amide bonds. The predicted octanol–water partition coefficient (Wildman–Crippen LogP) is 4.60. The second-order valence-corrected chi connectivity index (χ2v) is 12.4. The number of amides is 1. The number of nitrogens with zero attached hydrogens (tertiary/aromatic N) is 4. The topological polar surface area (TPSA) is 111 Å². The number of aromatic nitrogens is 2. The predicted molar refractivity (Wildman–Crippen MR) is 170 cm³/mol. The molecule has 3 N–H and O–H groups in total. The number of benzene rings is 2. The van der Waals surface area contributed by atoms with Gasteiger partial charge in [-0.2, -0.15) is 0 Å². The van der Waals surface area contributed by atoms with Crippen LogP contribution in [0.2, 0.25) is 0 Å². The number of ether oxygens (including phenoxy) is 1. The summed E-state index contributed by atoms with van der Waals surface area (Å²) in [5.74, 6) is -0.183. The fourth-order valence-electron chi connectivity index (χ4n) is 5.50. The van der Waals surface area contributed by atoms with E-state index in [0.717, 1.165) is 51.2 Å². The molecule has 12 heteroatoms. The molecule has 1 aliphatic heterocycles. The molecule has 4 atom stereocenters. The van der Waals surface area contributed by atoms with Crippen LogP contribution >= 0.6 is 22.9 Å². The minimum Gasteiger partial charge on any atom is -0.385 e. The van der Waals surface area contributed by atoms with E-state index in [2.05, 4.69) is 27.1 Å². The maximum Gasteiger partial charge on any atom is 0.254 e. The van der Waals surface area contributed by atoms with E-state index in [1.807, 2.05) is 24.3 Å². The van der Waals surface area contributed by atoms with E-state index in [1.165, 1.54) is 29.8 Å². The number of fused-ring (bicyclic) bond motifs is 3. The third-order valence-electron chi connectivity index (χ3n) is 8.03. The number of hydrogen-bond acceptors (Lipinski definition) is 9. The Bertz CT molecular complexity index is 1720. The quantitative estimate of drug-likeness (QED) is 0.229. The molecule has 4 unspecified atom stereocenters. The molecular weight excluding hydrogens is 605 g/mol. The summed E-state index contributed by atoms with van der Waals surface area (Å²) in [6.07, 6.45) is 3.74. The van der Waals surface area contributed by atoms with Gasteiger partial charge in [0.1, 0.15) is 28.9 Å². The number of likely N-dealkylation sites (N-methyl/N-ethyl adjacent to an activating group) is 1. The maximum atomic E-state index is 13.5. The number of hydrogen-bond donors (Lipinski definition) is 3. The van der Waals surface area contributed by atoms with Crippen molar-refractivity contribution in [3.8, 4) is 0 Å². The van der Waals surface area contributed by atoms with Gasteiger partial charge in [0.25, 0.3) is 5.91 Å². The highest BCUT2D eigenvalue weighted by atomic mass is 35.5. The number of alkyl halides is 1. The van der Waals surface area contributed by atoms with E-state index >= 15 is 0 Å². The molecular formula is C32H33ClFN5O4S. The van der Waals surface area contributed by atoms with Crippen LogP contribution in [0.25, 0.3) is 20.3 Å². The summed E-state index contributed by atoms with van der Waals surface area (Å²) in [6, 6.07) is 11.6. The second-order valence-electron chi connectivity index (χ2n) is 10.9. The number of piperazine rings is 1. The fraction of sp³-hybridized carbons (Fsp3) is 0.344. The molecule has 2 aromatic heterocycles. The summed E-state index contributed by atoms with van der Waals surface area (Å²) in [5, 5.41) is 26.3. The number of halogens is 2. The van der Waals surface area contributed by atoms with E-state index in [0.29, 0.717) is 24.5 Å². The average Bonchev–Trinajstić information content (AvgIpc) is 3.42. The number of anilines is 1. The second kappa shape index (κ2) is 13.3. The van der Waals surface area contributed by atoms with Gasteiger partial charge in [-0.3, -0.25) is 4.79 Å². The number of nitrogens with one attached hydrogen (secondary N) is 1. The molecule has 0 radical (unpaired) electrons. The van der Waals surface area contributed by atoms with Gasteiger partial charge in [-0.15, -0.1) is 22.9 Å². The highest BCUT2D eigenvalue weighted by Gasteiger charge is 2.32. The first-order chi connectivity index (χ1) is 21.3. The SMILES string of the molecule is CCN1CCN(C(=O)C(O)C(O)c2ccc3c(c2)sc2ncnc(NC4=CC(Cl)C(OCc5cccc(F)c5)C=C4)c23)CC1. The number of aliphatic hydroxyl groups is 2. The number of carbonyl (C=O) groups is 1. The fourth-order valence-corrected chi connectivity index (χ4v) is 6.89. The minimum absolute atomic E-state index is 0.234. The van der Waals surface area contributed by atoms with E-state index in [1.54, 1.807) is 29.2 Å².